The first-order valence-corrected chi connectivity index (χ1v) is 6.63. The predicted molar refractivity (Wildman–Crippen MR) is 83.6 cm³/mol. The van der Waals surface area contributed by atoms with E-state index in [4.69, 9.17) is 0 Å². The van der Waals surface area contributed by atoms with E-state index in [1.165, 1.54) is 0 Å². The van der Waals surface area contributed by atoms with Crippen LogP contribution in [0.3, 0.4) is 0 Å². The number of allylic oxidation sites excluding steroid dienone is 1. The van der Waals surface area contributed by atoms with E-state index in [0.717, 1.165) is 16.8 Å². The van der Waals surface area contributed by atoms with Crippen LogP contribution in [0.1, 0.15) is 21.5 Å². The number of benzene rings is 2. The summed E-state index contributed by atoms with van der Waals surface area (Å²) < 4.78 is 0. The first kappa shape index (κ1) is 14.1. The molecule has 0 radical (unpaired) electrons. The molecule has 2 rings (SSSR count). The van der Waals surface area contributed by atoms with E-state index in [2.05, 4.69) is 0 Å². The minimum atomic E-state index is 0.0255. The van der Waals surface area contributed by atoms with E-state index in [9.17, 15) is 4.79 Å². The molecule has 0 heterocycles. The molecule has 2 heteroatoms. The number of carbonyl (C=O) groups is 1. The maximum atomic E-state index is 12.3. The Hall–Kier alpha value is -2.35. The van der Waals surface area contributed by atoms with E-state index >= 15 is 0 Å². The van der Waals surface area contributed by atoms with E-state index < -0.39 is 0 Å². The molecular weight excluding hydrogens is 246 g/mol. The van der Waals surface area contributed by atoms with Gasteiger partial charge in [0.2, 0.25) is 0 Å². The van der Waals surface area contributed by atoms with Crippen molar-refractivity contribution in [2.24, 2.45) is 0 Å². The lowest BCUT2D eigenvalue weighted by Gasteiger charge is -2.17. The smallest absolute Gasteiger partial charge is 0.187 e. The molecule has 0 bridgehead atoms. The maximum absolute atomic E-state index is 12.3. The number of hydrogen-bond donors (Lipinski definition) is 0. The first-order chi connectivity index (χ1) is 9.58. The summed E-state index contributed by atoms with van der Waals surface area (Å²) in [7, 11) is 3.89. The lowest BCUT2D eigenvalue weighted by atomic mass is 10.1. The van der Waals surface area contributed by atoms with Gasteiger partial charge in [-0.3, -0.25) is 4.79 Å². The highest BCUT2D eigenvalue weighted by atomic mass is 16.1. The Morgan fingerprint density at radius 2 is 1.50 bits per heavy atom. The molecule has 0 saturated carbocycles. The second-order valence-electron chi connectivity index (χ2n) is 5.02. The van der Waals surface area contributed by atoms with Crippen LogP contribution in [0.4, 0.5) is 0 Å². The van der Waals surface area contributed by atoms with Crippen molar-refractivity contribution in [3.63, 3.8) is 0 Å². The molecule has 0 amide bonds. The van der Waals surface area contributed by atoms with Crippen LogP contribution >= 0.6 is 0 Å². The minimum Gasteiger partial charge on any atom is -0.377 e. The van der Waals surface area contributed by atoms with Crippen LogP contribution in [0.2, 0.25) is 0 Å². The van der Waals surface area contributed by atoms with Gasteiger partial charge in [0.15, 0.2) is 5.78 Å². The van der Waals surface area contributed by atoms with Crippen LogP contribution in [-0.2, 0) is 0 Å². The van der Waals surface area contributed by atoms with Gasteiger partial charge in [-0.15, -0.1) is 0 Å². The summed E-state index contributed by atoms with van der Waals surface area (Å²) in [5.41, 5.74) is 3.82. The molecule has 102 valence electrons. The third-order valence-corrected chi connectivity index (χ3v) is 3.16. The van der Waals surface area contributed by atoms with Gasteiger partial charge in [-0.1, -0.05) is 60.2 Å². The lowest BCUT2D eigenvalue weighted by molar-refractivity contribution is 0.104. The zero-order valence-corrected chi connectivity index (χ0v) is 12.1. The molecule has 20 heavy (non-hydrogen) atoms. The van der Waals surface area contributed by atoms with Crippen LogP contribution in [0.25, 0.3) is 5.70 Å². The lowest BCUT2D eigenvalue weighted by Crippen LogP contribution is -2.12. The highest BCUT2D eigenvalue weighted by Crippen LogP contribution is 2.17. The second kappa shape index (κ2) is 6.20. The summed E-state index contributed by atoms with van der Waals surface area (Å²) in [4.78, 5) is 14.3. The normalized spacial score (nSPS) is 11.2. The molecule has 0 aliphatic heterocycles. The summed E-state index contributed by atoms with van der Waals surface area (Å²) in [6.07, 6.45) is 1.69. The van der Waals surface area contributed by atoms with E-state index in [1.807, 2.05) is 80.5 Å². The number of hydrogen-bond acceptors (Lipinski definition) is 2. The molecule has 0 aliphatic carbocycles. The average molecular weight is 265 g/mol. The second-order valence-corrected chi connectivity index (χ2v) is 5.02. The van der Waals surface area contributed by atoms with Crippen molar-refractivity contribution in [1.29, 1.82) is 0 Å². The van der Waals surface area contributed by atoms with Gasteiger partial charge >= 0.3 is 0 Å². The number of ketones is 1. The van der Waals surface area contributed by atoms with Crippen LogP contribution in [0, 0.1) is 6.92 Å². The van der Waals surface area contributed by atoms with Gasteiger partial charge < -0.3 is 4.90 Å². The zero-order chi connectivity index (χ0) is 14.5. The zero-order valence-electron chi connectivity index (χ0n) is 12.1. The number of aryl methyl sites for hydroxylation is 1. The van der Waals surface area contributed by atoms with Gasteiger partial charge in [-0.25, -0.2) is 0 Å². The van der Waals surface area contributed by atoms with Crippen molar-refractivity contribution in [3.05, 3.63) is 77.4 Å². The summed E-state index contributed by atoms with van der Waals surface area (Å²) in [6.45, 7) is 2.01. The third kappa shape index (κ3) is 3.35. The fourth-order valence-electron chi connectivity index (χ4n) is 2.00. The Kier molecular flexibility index (Phi) is 4.36. The Morgan fingerprint density at radius 1 is 0.900 bits per heavy atom. The molecule has 0 N–H and O–H groups in total. The molecule has 0 fully saturated rings. The number of nitrogens with zero attached hydrogens (tertiary/aromatic N) is 1. The Labute approximate surface area is 120 Å². The van der Waals surface area contributed by atoms with Crippen molar-refractivity contribution in [1.82, 2.24) is 4.90 Å². The fraction of sp³-hybridized carbons (Fsp3) is 0.167. The van der Waals surface area contributed by atoms with Crippen LogP contribution in [0.15, 0.2) is 60.7 Å². The van der Waals surface area contributed by atoms with E-state index in [0.29, 0.717) is 5.56 Å². The number of rotatable bonds is 4. The van der Waals surface area contributed by atoms with Gasteiger partial charge in [-0.05, 0) is 12.5 Å². The first-order valence-electron chi connectivity index (χ1n) is 6.63. The molecule has 0 unspecified atom stereocenters. The van der Waals surface area contributed by atoms with Crippen molar-refractivity contribution in [2.75, 3.05) is 14.1 Å². The summed E-state index contributed by atoms with van der Waals surface area (Å²) in [5, 5.41) is 0. The largest absolute Gasteiger partial charge is 0.377 e. The summed E-state index contributed by atoms with van der Waals surface area (Å²) >= 11 is 0. The van der Waals surface area contributed by atoms with Crippen molar-refractivity contribution in [3.8, 4) is 0 Å². The molecule has 2 aromatic rings. The van der Waals surface area contributed by atoms with Crippen LogP contribution in [0.5, 0.6) is 0 Å². The van der Waals surface area contributed by atoms with E-state index in [1.54, 1.807) is 6.08 Å². The molecular formula is C18H19NO. The Balaban J connectivity index is 2.34. The van der Waals surface area contributed by atoms with Crippen molar-refractivity contribution < 1.29 is 4.79 Å². The Bertz CT molecular complexity index is 610. The van der Waals surface area contributed by atoms with Gasteiger partial charge in [0.1, 0.15) is 0 Å². The van der Waals surface area contributed by atoms with Crippen LogP contribution < -0.4 is 0 Å². The average Bonchev–Trinajstić information content (AvgIpc) is 2.46. The standard InChI is InChI=1S/C18H19NO/c1-14-9-11-16(12-10-14)18(20)13-17(19(2)3)15-7-5-4-6-8-15/h4-13H,1-3H3/b17-13+. The SMILES string of the molecule is Cc1ccc(C(=O)/C=C(\c2ccccc2)N(C)C)cc1. The minimum absolute atomic E-state index is 0.0255. The Morgan fingerprint density at radius 3 is 2.05 bits per heavy atom. The quantitative estimate of drug-likeness (QED) is 0.619. The molecule has 0 aromatic heterocycles. The fourth-order valence-corrected chi connectivity index (χ4v) is 2.00. The molecule has 0 spiro atoms. The summed E-state index contributed by atoms with van der Waals surface area (Å²) in [5.74, 6) is 0.0255. The van der Waals surface area contributed by atoms with Gasteiger partial charge in [-0.2, -0.15) is 0 Å². The maximum Gasteiger partial charge on any atom is 0.187 e. The van der Waals surface area contributed by atoms with E-state index in [-0.39, 0.29) is 5.78 Å². The molecule has 0 saturated heterocycles. The highest BCUT2D eigenvalue weighted by molar-refractivity contribution is 6.08. The highest BCUT2D eigenvalue weighted by Gasteiger charge is 2.08. The molecule has 0 atom stereocenters. The third-order valence-electron chi connectivity index (χ3n) is 3.16. The number of carbonyl (C=O) groups excluding carboxylic acids is 1. The van der Waals surface area contributed by atoms with Gasteiger partial charge in [0.05, 0.1) is 0 Å². The topological polar surface area (TPSA) is 20.3 Å². The van der Waals surface area contributed by atoms with Crippen LogP contribution in [-0.4, -0.2) is 24.8 Å². The summed E-state index contributed by atoms with van der Waals surface area (Å²) in [6, 6.07) is 17.6. The molecule has 2 aromatic carbocycles. The predicted octanol–water partition coefficient (Wildman–Crippen LogP) is 3.78. The van der Waals surface area contributed by atoms with Gasteiger partial charge in [0.25, 0.3) is 0 Å². The van der Waals surface area contributed by atoms with Crippen molar-refractivity contribution in [2.45, 2.75) is 6.92 Å². The molecule has 2 nitrogen and oxygen atoms in total. The monoisotopic (exact) mass is 265 g/mol. The van der Waals surface area contributed by atoms with Gasteiger partial charge in [0, 0.05) is 31.4 Å². The van der Waals surface area contributed by atoms with Crippen molar-refractivity contribution >= 4 is 11.5 Å². The molecule has 0 aliphatic rings.